The van der Waals surface area contributed by atoms with Crippen molar-refractivity contribution in [1.82, 2.24) is 19.9 Å². The molecule has 0 atom stereocenters. The van der Waals surface area contributed by atoms with E-state index in [4.69, 9.17) is 20.2 Å². The summed E-state index contributed by atoms with van der Waals surface area (Å²) >= 11 is 0. The summed E-state index contributed by atoms with van der Waals surface area (Å²) in [7, 11) is 0. The molecule has 1 amide bonds. The van der Waals surface area contributed by atoms with Crippen LogP contribution in [0.4, 0.5) is 11.8 Å². The summed E-state index contributed by atoms with van der Waals surface area (Å²) in [4.78, 5) is 31.2. The van der Waals surface area contributed by atoms with Crippen LogP contribution in [0.1, 0.15) is 36.0 Å². The minimum Gasteiger partial charge on any atom is -0.474 e. The third-order valence-corrected chi connectivity index (χ3v) is 6.11. The fourth-order valence-corrected chi connectivity index (χ4v) is 4.27. The van der Waals surface area contributed by atoms with Crippen LogP contribution in [0.5, 0.6) is 5.88 Å². The highest BCUT2D eigenvalue weighted by molar-refractivity contribution is 5.92. The Morgan fingerprint density at radius 2 is 1.88 bits per heavy atom. The van der Waals surface area contributed by atoms with Crippen molar-refractivity contribution in [2.75, 3.05) is 36.5 Å². The van der Waals surface area contributed by atoms with Gasteiger partial charge in [0.15, 0.2) is 0 Å². The molecule has 0 spiro atoms. The van der Waals surface area contributed by atoms with Crippen LogP contribution in [-0.2, 0) is 4.74 Å². The lowest BCUT2D eigenvalue weighted by Gasteiger charge is -2.31. The summed E-state index contributed by atoms with van der Waals surface area (Å²) in [5.74, 6) is 1.49. The van der Waals surface area contributed by atoms with Crippen LogP contribution in [0.25, 0.3) is 10.9 Å². The Morgan fingerprint density at radius 1 is 1.12 bits per heavy atom. The second-order valence-corrected chi connectivity index (χ2v) is 8.35. The van der Waals surface area contributed by atoms with Gasteiger partial charge in [0, 0.05) is 43.8 Å². The lowest BCUT2D eigenvalue weighted by Crippen LogP contribution is -2.37. The van der Waals surface area contributed by atoms with Crippen molar-refractivity contribution < 1.29 is 14.3 Å². The molecule has 5 rings (SSSR count). The number of fused-ring (bicyclic) bond motifs is 1. The molecular formula is C23H27N7O3. The van der Waals surface area contributed by atoms with Gasteiger partial charge in [0.25, 0.3) is 5.91 Å². The number of carbonyl (C=O) groups is 1. The maximum Gasteiger partial charge on any atom is 0.251 e. The maximum atomic E-state index is 11.2. The van der Waals surface area contributed by atoms with Crippen molar-refractivity contribution in [2.24, 2.45) is 5.73 Å². The number of aromatic nitrogens is 4. The predicted octanol–water partition coefficient (Wildman–Crippen LogP) is 2.16. The molecule has 3 aromatic rings. The third kappa shape index (κ3) is 4.95. The summed E-state index contributed by atoms with van der Waals surface area (Å²) < 4.78 is 11.9. The number of hydrogen-bond donors (Lipinski definition) is 2. The maximum absolute atomic E-state index is 11.2. The number of anilines is 2. The first-order chi connectivity index (χ1) is 16.2. The van der Waals surface area contributed by atoms with Gasteiger partial charge in [-0.2, -0.15) is 4.98 Å². The Balaban J connectivity index is 1.24. The standard InChI is InChI=1S/C23H27N7O3/c24-21(31)15-13-26-23(27-14-15)28-16-3-5-17(6-4-16)33-22-18-2-1-7-25-19(18)12-20(29-22)30-8-10-32-11-9-30/h1-2,7,12-14,16-17H,3-6,8-11H2,(H2,24,31)(H,26,27,28). The van der Waals surface area contributed by atoms with E-state index in [0.717, 1.165) is 55.5 Å². The molecule has 3 N–H and O–H groups in total. The lowest BCUT2D eigenvalue weighted by molar-refractivity contribution is 0.0999. The van der Waals surface area contributed by atoms with Crippen LogP contribution in [0.2, 0.25) is 0 Å². The number of pyridine rings is 2. The van der Waals surface area contributed by atoms with Crippen molar-refractivity contribution in [1.29, 1.82) is 0 Å². The van der Waals surface area contributed by atoms with Crippen LogP contribution < -0.4 is 20.7 Å². The topological polar surface area (TPSA) is 128 Å². The summed E-state index contributed by atoms with van der Waals surface area (Å²) in [5.41, 5.74) is 6.42. The van der Waals surface area contributed by atoms with Crippen LogP contribution >= 0.6 is 0 Å². The average Bonchev–Trinajstić information content (AvgIpc) is 2.86. The van der Waals surface area contributed by atoms with Gasteiger partial charge in [0.1, 0.15) is 11.9 Å². The Labute approximate surface area is 191 Å². The smallest absolute Gasteiger partial charge is 0.251 e. The predicted molar refractivity (Wildman–Crippen MR) is 123 cm³/mol. The average molecular weight is 450 g/mol. The zero-order chi connectivity index (χ0) is 22.6. The van der Waals surface area contributed by atoms with Gasteiger partial charge < -0.3 is 25.4 Å². The molecule has 1 saturated carbocycles. The number of morpholine rings is 1. The first-order valence-electron chi connectivity index (χ1n) is 11.3. The van der Waals surface area contributed by atoms with Crippen molar-refractivity contribution in [3.05, 3.63) is 42.4 Å². The van der Waals surface area contributed by atoms with E-state index >= 15 is 0 Å². The van der Waals surface area contributed by atoms with Crippen LogP contribution in [-0.4, -0.2) is 64.3 Å². The van der Waals surface area contributed by atoms with E-state index < -0.39 is 5.91 Å². The molecule has 33 heavy (non-hydrogen) atoms. The fourth-order valence-electron chi connectivity index (χ4n) is 4.27. The van der Waals surface area contributed by atoms with Crippen molar-refractivity contribution in [3.63, 3.8) is 0 Å². The van der Waals surface area contributed by atoms with Gasteiger partial charge in [-0.1, -0.05) is 0 Å². The number of primary amides is 1. The van der Waals surface area contributed by atoms with Gasteiger partial charge in [0.05, 0.1) is 29.7 Å². The zero-order valence-electron chi connectivity index (χ0n) is 18.3. The minimum absolute atomic E-state index is 0.0806. The van der Waals surface area contributed by atoms with Crippen molar-refractivity contribution in [3.8, 4) is 5.88 Å². The van der Waals surface area contributed by atoms with E-state index in [1.54, 1.807) is 6.20 Å². The Hall–Kier alpha value is -3.53. The highest BCUT2D eigenvalue weighted by atomic mass is 16.5. The van der Waals surface area contributed by atoms with E-state index in [2.05, 4.69) is 25.2 Å². The SMILES string of the molecule is NC(=O)c1cnc(NC2CCC(Oc3nc(N4CCOCC4)cc4ncccc34)CC2)nc1. The Morgan fingerprint density at radius 3 is 2.61 bits per heavy atom. The number of rotatable bonds is 6. The van der Waals surface area contributed by atoms with Crippen molar-refractivity contribution >= 4 is 28.6 Å². The molecule has 0 radical (unpaired) electrons. The molecule has 3 aromatic heterocycles. The first kappa shape index (κ1) is 21.3. The monoisotopic (exact) mass is 449 g/mol. The molecule has 172 valence electrons. The summed E-state index contributed by atoms with van der Waals surface area (Å²) in [5, 5.41) is 4.27. The molecule has 0 aromatic carbocycles. The molecule has 1 saturated heterocycles. The van der Waals surface area contributed by atoms with E-state index in [9.17, 15) is 4.79 Å². The van der Waals surface area contributed by atoms with E-state index in [-0.39, 0.29) is 12.1 Å². The molecule has 1 aliphatic carbocycles. The Kier molecular flexibility index (Phi) is 6.16. The van der Waals surface area contributed by atoms with Gasteiger partial charge in [-0.15, -0.1) is 0 Å². The van der Waals surface area contributed by atoms with Crippen LogP contribution in [0, 0.1) is 0 Å². The molecule has 2 aliphatic rings. The first-order valence-corrected chi connectivity index (χ1v) is 11.3. The lowest BCUT2D eigenvalue weighted by atomic mass is 9.93. The largest absolute Gasteiger partial charge is 0.474 e. The molecule has 0 unspecified atom stereocenters. The van der Waals surface area contributed by atoms with Crippen LogP contribution in [0.15, 0.2) is 36.8 Å². The van der Waals surface area contributed by atoms with Gasteiger partial charge in [0.2, 0.25) is 11.8 Å². The molecule has 2 fully saturated rings. The van der Waals surface area contributed by atoms with Crippen LogP contribution in [0.3, 0.4) is 0 Å². The van der Waals surface area contributed by atoms with E-state index in [1.165, 1.54) is 12.4 Å². The van der Waals surface area contributed by atoms with Gasteiger partial charge in [-0.05, 0) is 37.8 Å². The normalized spacial score (nSPS) is 21.0. The van der Waals surface area contributed by atoms with E-state index in [1.807, 2.05) is 18.2 Å². The number of carbonyl (C=O) groups excluding carboxylic acids is 1. The number of ether oxygens (including phenoxy) is 2. The summed E-state index contributed by atoms with van der Waals surface area (Å²) in [6.45, 7) is 3.02. The van der Waals surface area contributed by atoms with Gasteiger partial charge >= 0.3 is 0 Å². The number of nitrogens with two attached hydrogens (primary N) is 1. The quantitative estimate of drug-likeness (QED) is 0.581. The minimum atomic E-state index is -0.534. The Bertz CT molecular complexity index is 1110. The number of nitrogens with one attached hydrogen (secondary N) is 1. The van der Waals surface area contributed by atoms with Crippen molar-refractivity contribution in [2.45, 2.75) is 37.8 Å². The second-order valence-electron chi connectivity index (χ2n) is 8.35. The summed E-state index contributed by atoms with van der Waals surface area (Å²) in [6.07, 6.45) is 8.39. The molecule has 10 nitrogen and oxygen atoms in total. The molecule has 10 heteroatoms. The number of amides is 1. The summed E-state index contributed by atoms with van der Waals surface area (Å²) in [6, 6.07) is 6.19. The van der Waals surface area contributed by atoms with E-state index in [0.29, 0.717) is 30.6 Å². The molecule has 1 aliphatic heterocycles. The zero-order valence-corrected chi connectivity index (χ0v) is 18.3. The third-order valence-electron chi connectivity index (χ3n) is 6.11. The molecule has 4 heterocycles. The fraction of sp³-hybridized carbons (Fsp3) is 0.435. The molecule has 0 bridgehead atoms. The highest BCUT2D eigenvalue weighted by Gasteiger charge is 2.25. The number of nitrogens with zero attached hydrogens (tertiary/aromatic N) is 5. The van der Waals surface area contributed by atoms with Gasteiger partial charge in [-0.25, -0.2) is 9.97 Å². The highest BCUT2D eigenvalue weighted by Crippen LogP contribution is 2.31. The molecular weight excluding hydrogens is 422 g/mol. The second kappa shape index (κ2) is 9.53. The van der Waals surface area contributed by atoms with Gasteiger partial charge in [-0.3, -0.25) is 9.78 Å². The number of hydrogen-bond acceptors (Lipinski definition) is 9.